The fraction of sp³-hybridized carbons (Fsp3) is 0.706. The van der Waals surface area contributed by atoms with Crippen molar-refractivity contribution in [2.24, 2.45) is 5.92 Å². The Bertz CT molecular complexity index is 459. The zero-order chi connectivity index (χ0) is 15.5. The van der Waals surface area contributed by atoms with Crippen molar-refractivity contribution in [2.45, 2.75) is 52.9 Å². The topological polar surface area (TPSA) is 37.4 Å². The predicted octanol–water partition coefficient (Wildman–Crippen LogP) is 2.83. The van der Waals surface area contributed by atoms with E-state index in [0.717, 1.165) is 37.7 Å². The van der Waals surface area contributed by atoms with Crippen LogP contribution in [-0.4, -0.2) is 36.3 Å². The monoisotopic (exact) mass is 291 g/mol. The van der Waals surface area contributed by atoms with Gasteiger partial charge in [-0.25, -0.2) is 4.98 Å². The number of aromatic nitrogens is 1. The van der Waals surface area contributed by atoms with Gasteiger partial charge < -0.3 is 15.0 Å². The molecular weight excluding hydrogens is 262 g/mol. The van der Waals surface area contributed by atoms with Gasteiger partial charge in [0.15, 0.2) is 0 Å². The molecule has 2 rings (SSSR count). The molecule has 1 fully saturated rings. The molecule has 0 radical (unpaired) electrons. The number of pyridine rings is 1. The lowest BCUT2D eigenvalue weighted by Gasteiger charge is -2.42. The van der Waals surface area contributed by atoms with Crippen molar-refractivity contribution in [3.8, 4) is 0 Å². The molecule has 1 aromatic rings. The molecule has 0 aromatic carbocycles. The average molecular weight is 291 g/mol. The van der Waals surface area contributed by atoms with Gasteiger partial charge in [-0.1, -0.05) is 19.9 Å². The first-order chi connectivity index (χ1) is 9.85. The van der Waals surface area contributed by atoms with Crippen molar-refractivity contribution in [3.05, 3.63) is 23.9 Å². The second kappa shape index (κ2) is 6.75. The molecule has 0 spiro atoms. The van der Waals surface area contributed by atoms with Crippen molar-refractivity contribution in [1.29, 1.82) is 0 Å². The Hall–Kier alpha value is -1.13. The van der Waals surface area contributed by atoms with E-state index in [4.69, 9.17) is 9.72 Å². The summed E-state index contributed by atoms with van der Waals surface area (Å²) >= 11 is 0. The van der Waals surface area contributed by atoms with E-state index in [1.807, 2.05) is 0 Å². The smallest absolute Gasteiger partial charge is 0.129 e. The van der Waals surface area contributed by atoms with Gasteiger partial charge in [0, 0.05) is 19.6 Å². The maximum Gasteiger partial charge on any atom is 0.129 e. The maximum atomic E-state index is 5.97. The molecule has 1 N–H and O–H groups in total. The summed E-state index contributed by atoms with van der Waals surface area (Å²) in [4.78, 5) is 7.13. The van der Waals surface area contributed by atoms with Crippen molar-refractivity contribution in [1.82, 2.24) is 10.3 Å². The van der Waals surface area contributed by atoms with E-state index in [-0.39, 0.29) is 11.7 Å². The fourth-order valence-electron chi connectivity index (χ4n) is 2.86. The summed E-state index contributed by atoms with van der Waals surface area (Å²) in [6.45, 7) is 14.5. The van der Waals surface area contributed by atoms with Gasteiger partial charge in [-0.05, 0) is 45.4 Å². The first-order valence-electron chi connectivity index (χ1n) is 7.95. The minimum atomic E-state index is -0.120. The van der Waals surface area contributed by atoms with Crippen molar-refractivity contribution in [2.75, 3.05) is 24.5 Å². The van der Waals surface area contributed by atoms with Crippen LogP contribution < -0.4 is 10.2 Å². The number of nitrogens with one attached hydrogen (secondary N) is 1. The lowest BCUT2D eigenvalue weighted by Crippen LogP contribution is -2.52. The molecule has 1 atom stereocenters. The number of nitrogens with zero attached hydrogens (tertiary/aromatic N) is 2. The predicted molar refractivity (Wildman–Crippen MR) is 87.6 cm³/mol. The highest BCUT2D eigenvalue weighted by Crippen LogP contribution is 2.24. The summed E-state index contributed by atoms with van der Waals surface area (Å²) in [7, 11) is 0. The van der Waals surface area contributed by atoms with Crippen LogP contribution in [0.1, 0.15) is 40.3 Å². The Kier molecular flexibility index (Phi) is 5.22. The first-order valence-corrected chi connectivity index (χ1v) is 7.95. The molecule has 0 saturated carbocycles. The summed E-state index contributed by atoms with van der Waals surface area (Å²) < 4.78 is 5.97. The molecular formula is C17H29N3O. The minimum Gasteiger partial charge on any atom is -0.369 e. The SMILES string of the molecule is CC(C)CNCc1cccc(N2CC(C)OC(C)(C)C2)n1. The molecule has 1 saturated heterocycles. The van der Waals surface area contributed by atoms with Gasteiger partial charge in [0.25, 0.3) is 0 Å². The van der Waals surface area contributed by atoms with Gasteiger partial charge in [-0.2, -0.15) is 0 Å². The summed E-state index contributed by atoms with van der Waals surface area (Å²) in [6.07, 6.45) is 0.235. The molecule has 118 valence electrons. The van der Waals surface area contributed by atoms with Crippen LogP contribution in [0.15, 0.2) is 18.2 Å². The Morgan fingerprint density at radius 3 is 2.86 bits per heavy atom. The third kappa shape index (κ3) is 4.97. The highest BCUT2D eigenvalue weighted by molar-refractivity contribution is 5.40. The molecule has 4 nitrogen and oxygen atoms in total. The van der Waals surface area contributed by atoms with E-state index in [2.05, 4.69) is 63.0 Å². The fourth-order valence-corrected chi connectivity index (χ4v) is 2.86. The Morgan fingerprint density at radius 2 is 2.19 bits per heavy atom. The summed E-state index contributed by atoms with van der Waals surface area (Å²) in [6, 6.07) is 6.29. The number of morpholine rings is 1. The van der Waals surface area contributed by atoms with Crippen LogP contribution in [0.4, 0.5) is 5.82 Å². The highest BCUT2D eigenvalue weighted by atomic mass is 16.5. The number of anilines is 1. The van der Waals surface area contributed by atoms with Gasteiger partial charge in [0.1, 0.15) is 5.82 Å². The Labute approximate surface area is 128 Å². The third-order valence-corrected chi connectivity index (χ3v) is 3.54. The van der Waals surface area contributed by atoms with Crippen LogP contribution in [0.25, 0.3) is 0 Å². The Balaban J connectivity index is 2.03. The van der Waals surface area contributed by atoms with Crippen LogP contribution in [0.2, 0.25) is 0 Å². The van der Waals surface area contributed by atoms with Crippen LogP contribution in [0.5, 0.6) is 0 Å². The minimum absolute atomic E-state index is 0.120. The second-order valence-electron chi connectivity index (χ2n) is 7.08. The average Bonchev–Trinajstić information content (AvgIpc) is 2.36. The van der Waals surface area contributed by atoms with Crippen molar-refractivity contribution >= 4 is 5.82 Å². The molecule has 1 unspecified atom stereocenters. The molecule has 0 amide bonds. The van der Waals surface area contributed by atoms with Gasteiger partial charge >= 0.3 is 0 Å². The standard InChI is InChI=1S/C17H29N3O/c1-13(2)9-18-10-15-7-6-8-16(19-15)20-11-14(3)21-17(4,5)12-20/h6-8,13-14,18H,9-12H2,1-5H3. The Morgan fingerprint density at radius 1 is 1.43 bits per heavy atom. The zero-order valence-electron chi connectivity index (χ0n) is 14.0. The molecule has 1 aliphatic rings. The molecule has 1 aliphatic heterocycles. The van der Waals surface area contributed by atoms with E-state index in [1.165, 1.54) is 0 Å². The van der Waals surface area contributed by atoms with Gasteiger partial charge in [0.05, 0.1) is 17.4 Å². The van der Waals surface area contributed by atoms with Crippen molar-refractivity contribution in [3.63, 3.8) is 0 Å². The first kappa shape index (κ1) is 16.2. The lowest BCUT2D eigenvalue weighted by molar-refractivity contribution is -0.0751. The van der Waals surface area contributed by atoms with E-state index >= 15 is 0 Å². The number of ether oxygens (including phenoxy) is 1. The number of rotatable bonds is 5. The van der Waals surface area contributed by atoms with Crippen LogP contribution in [0.3, 0.4) is 0 Å². The molecule has 2 heterocycles. The maximum absolute atomic E-state index is 5.97. The lowest BCUT2D eigenvalue weighted by atomic mass is 10.1. The normalized spacial score (nSPS) is 21.8. The number of hydrogen-bond acceptors (Lipinski definition) is 4. The molecule has 21 heavy (non-hydrogen) atoms. The second-order valence-corrected chi connectivity index (χ2v) is 7.08. The van der Waals surface area contributed by atoms with E-state index in [9.17, 15) is 0 Å². The van der Waals surface area contributed by atoms with E-state index in [0.29, 0.717) is 5.92 Å². The number of hydrogen-bond donors (Lipinski definition) is 1. The largest absolute Gasteiger partial charge is 0.369 e. The summed E-state index contributed by atoms with van der Waals surface area (Å²) in [5.41, 5.74) is 0.982. The molecule has 1 aromatic heterocycles. The van der Waals surface area contributed by atoms with Crippen LogP contribution in [-0.2, 0) is 11.3 Å². The van der Waals surface area contributed by atoms with E-state index in [1.54, 1.807) is 0 Å². The summed E-state index contributed by atoms with van der Waals surface area (Å²) in [5, 5.41) is 3.45. The summed E-state index contributed by atoms with van der Waals surface area (Å²) in [5.74, 6) is 1.72. The van der Waals surface area contributed by atoms with E-state index < -0.39 is 0 Å². The van der Waals surface area contributed by atoms with Crippen molar-refractivity contribution < 1.29 is 4.74 Å². The van der Waals surface area contributed by atoms with Gasteiger partial charge in [0.2, 0.25) is 0 Å². The van der Waals surface area contributed by atoms with Gasteiger partial charge in [-0.15, -0.1) is 0 Å². The molecule has 0 aliphatic carbocycles. The zero-order valence-corrected chi connectivity index (χ0v) is 14.0. The molecule has 0 bridgehead atoms. The third-order valence-electron chi connectivity index (χ3n) is 3.54. The quantitative estimate of drug-likeness (QED) is 0.905. The van der Waals surface area contributed by atoms with Crippen LogP contribution in [0, 0.1) is 5.92 Å². The van der Waals surface area contributed by atoms with Gasteiger partial charge in [-0.3, -0.25) is 0 Å². The molecule has 4 heteroatoms. The van der Waals surface area contributed by atoms with Crippen LogP contribution >= 0.6 is 0 Å². The highest BCUT2D eigenvalue weighted by Gasteiger charge is 2.31.